The molecule has 2 atom stereocenters. The number of nitrogens with zero attached hydrogens (tertiary/aromatic N) is 2. The van der Waals surface area contributed by atoms with Crippen LogP contribution in [-0.2, 0) is 0 Å². The van der Waals surface area contributed by atoms with E-state index in [0.717, 1.165) is 12.5 Å². The van der Waals surface area contributed by atoms with E-state index in [1.807, 2.05) is 11.8 Å². The van der Waals surface area contributed by atoms with Crippen molar-refractivity contribution in [1.82, 2.24) is 10.2 Å². The molecule has 0 saturated carbocycles. The van der Waals surface area contributed by atoms with Gasteiger partial charge in [-0.2, -0.15) is 0 Å². The first-order chi connectivity index (χ1) is 8.56. The Kier molecular flexibility index (Phi) is 4.96. The molecule has 0 amide bonds. The Balaban J connectivity index is 1.75. The third-order valence-corrected chi connectivity index (χ3v) is 5.10. The number of thioether (sulfide) groups is 1. The van der Waals surface area contributed by atoms with E-state index in [1.54, 1.807) is 0 Å². The summed E-state index contributed by atoms with van der Waals surface area (Å²) in [5.74, 6) is 2.65. The highest BCUT2D eigenvalue weighted by Crippen LogP contribution is 2.22. The van der Waals surface area contributed by atoms with Crippen molar-refractivity contribution in [2.24, 2.45) is 16.8 Å². The van der Waals surface area contributed by atoms with Gasteiger partial charge in [0, 0.05) is 30.9 Å². The Labute approximate surface area is 116 Å². The molecule has 4 heteroatoms. The quantitative estimate of drug-likeness (QED) is 0.849. The lowest BCUT2D eigenvalue weighted by Crippen LogP contribution is -2.32. The monoisotopic (exact) mass is 269 g/mol. The highest BCUT2D eigenvalue weighted by molar-refractivity contribution is 8.14. The lowest BCUT2D eigenvalue weighted by molar-refractivity contribution is 0.266. The zero-order valence-electron chi connectivity index (χ0n) is 12.1. The fourth-order valence-electron chi connectivity index (χ4n) is 2.55. The summed E-state index contributed by atoms with van der Waals surface area (Å²) in [6, 6.07) is 1.30. The van der Waals surface area contributed by atoms with E-state index >= 15 is 0 Å². The van der Waals surface area contributed by atoms with Crippen molar-refractivity contribution in [2.75, 3.05) is 25.4 Å². The fourth-order valence-corrected chi connectivity index (χ4v) is 3.76. The van der Waals surface area contributed by atoms with Gasteiger partial charge in [-0.15, -0.1) is 0 Å². The summed E-state index contributed by atoms with van der Waals surface area (Å²) in [4.78, 5) is 7.34. The SMILES string of the molecule is CC(C)C1CSC(=NCC2CCN(C(C)C)C2)N1. The molecule has 0 aromatic rings. The summed E-state index contributed by atoms with van der Waals surface area (Å²) >= 11 is 1.89. The molecule has 2 fully saturated rings. The second-order valence-electron chi connectivity index (χ2n) is 6.20. The van der Waals surface area contributed by atoms with Gasteiger partial charge in [0.1, 0.15) is 0 Å². The molecule has 0 aromatic carbocycles. The first-order valence-electron chi connectivity index (χ1n) is 7.24. The van der Waals surface area contributed by atoms with Crippen molar-refractivity contribution in [2.45, 2.75) is 46.2 Å². The molecular weight excluding hydrogens is 242 g/mol. The van der Waals surface area contributed by atoms with Crippen molar-refractivity contribution >= 4 is 16.9 Å². The Hall–Kier alpha value is -0.220. The van der Waals surface area contributed by atoms with Crippen LogP contribution in [0.3, 0.4) is 0 Å². The third kappa shape index (κ3) is 3.64. The van der Waals surface area contributed by atoms with E-state index in [0.29, 0.717) is 18.0 Å². The molecule has 2 aliphatic heterocycles. The maximum Gasteiger partial charge on any atom is 0.156 e. The topological polar surface area (TPSA) is 27.6 Å². The average Bonchev–Trinajstić information content (AvgIpc) is 2.95. The second kappa shape index (κ2) is 6.29. The molecule has 0 bridgehead atoms. The molecule has 2 saturated heterocycles. The van der Waals surface area contributed by atoms with E-state index < -0.39 is 0 Å². The van der Waals surface area contributed by atoms with E-state index in [-0.39, 0.29) is 0 Å². The van der Waals surface area contributed by atoms with Crippen LogP contribution in [-0.4, -0.2) is 47.5 Å². The van der Waals surface area contributed by atoms with Crippen LogP contribution in [0.1, 0.15) is 34.1 Å². The number of amidine groups is 1. The Bertz CT molecular complexity index is 301. The number of likely N-dealkylation sites (tertiary alicyclic amines) is 1. The average molecular weight is 269 g/mol. The Morgan fingerprint density at radius 2 is 2.17 bits per heavy atom. The highest BCUT2D eigenvalue weighted by atomic mass is 32.2. The lowest BCUT2D eigenvalue weighted by Gasteiger charge is -2.19. The summed E-state index contributed by atoms with van der Waals surface area (Å²) in [6.07, 6.45) is 1.31. The smallest absolute Gasteiger partial charge is 0.156 e. The molecule has 0 radical (unpaired) electrons. The van der Waals surface area contributed by atoms with Gasteiger partial charge in [-0.3, -0.25) is 4.99 Å². The zero-order chi connectivity index (χ0) is 13.1. The van der Waals surface area contributed by atoms with Gasteiger partial charge in [-0.1, -0.05) is 25.6 Å². The second-order valence-corrected chi connectivity index (χ2v) is 7.20. The van der Waals surface area contributed by atoms with Gasteiger partial charge in [0.05, 0.1) is 0 Å². The molecule has 104 valence electrons. The number of hydrogen-bond donors (Lipinski definition) is 1. The molecule has 1 N–H and O–H groups in total. The third-order valence-electron chi connectivity index (χ3n) is 4.05. The number of hydrogen-bond acceptors (Lipinski definition) is 3. The summed E-state index contributed by atoms with van der Waals surface area (Å²) in [5.41, 5.74) is 0. The van der Waals surface area contributed by atoms with Gasteiger partial charge in [0.25, 0.3) is 0 Å². The van der Waals surface area contributed by atoms with Crippen LogP contribution >= 0.6 is 11.8 Å². The molecule has 0 aromatic heterocycles. The first-order valence-corrected chi connectivity index (χ1v) is 8.22. The maximum absolute atomic E-state index is 4.77. The van der Waals surface area contributed by atoms with Crippen molar-refractivity contribution < 1.29 is 0 Å². The van der Waals surface area contributed by atoms with Gasteiger partial charge in [-0.25, -0.2) is 0 Å². The van der Waals surface area contributed by atoms with Crippen molar-refractivity contribution in [3.8, 4) is 0 Å². The predicted octanol–water partition coefficient (Wildman–Crippen LogP) is 2.43. The summed E-state index contributed by atoms with van der Waals surface area (Å²) < 4.78 is 0. The molecule has 2 heterocycles. The summed E-state index contributed by atoms with van der Waals surface area (Å²) in [6.45, 7) is 12.6. The standard InChI is InChI=1S/C14H27N3S/c1-10(2)13-9-18-14(16-13)15-7-12-5-6-17(8-12)11(3)4/h10-13H,5-9H2,1-4H3,(H,15,16). The fraction of sp³-hybridized carbons (Fsp3) is 0.929. The first kappa shape index (κ1) is 14.2. The molecule has 3 nitrogen and oxygen atoms in total. The molecule has 2 unspecified atom stereocenters. The van der Waals surface area contributed by atoms with Crippen LogP contribution in [0.2, 0.25) is 0 Å². The van der Waals surface area contributed by atoms with Crippen LogP contribution in [0.15, 0.2) is 4.99 Å². The lowest BCUT2D eigenvalue weighted by atomic mass is 10.1. The van der Waals surface area contributed by atoms with Crippen molar-refractivity contribution in [1.29, 1.82) is 0 Å². The zero-order valence-corrected chi connectivity index (χ0v) is 13.0. The highest BCUT2D eigenvalue weighted by Gasteiger charge is 2.26. The Morgan fingerprint density at radius 3 is 2.72 bits per heavy atom. The largest absolute Gasteiger partial charge is 0.361 e. The summed E-state index contributed by atoms with van der Waals surface area (Å²) in [5, 5.41) is 4.73. The number of nitrogens with one attached hydrogen (secondary N) is 1. The van der Waals surface area contributed by atoms with Crippen LogP contribution in [0, 0.1) is 11.8 Å². The predicted molar refractivity (Wildman–Crippen MR) is 81.3 cm³/mol. The van der Waals surface area contributed by atoms with Crippen LogP contribution in [0.4, 0.5) is 0 Å². The minimum Gasteiger partial charge on any atom is -0.361 e. The minimum absolute atomic E-state index is 0.615. The van der Waals surface area contributed by atoms with Gasteiger partial charge in [-0.05, 0) is 38.6 Å². The van der Waals surface area contributed by atoms with Crippen molar-refractivity contribution in [3.05, 3.63) is 0 Å². The Morgan fingerprint density at radius 1 is 1.39 bits per heavy atom. The van der Waals surface area contributed by atoms with E-state index in [1.165, 1.54) is 30.4 Å². The molecular formula is C14H27N3S. The normalized spacial score (nSPS) is 31.8. The summed E-state index contributed by atoms with van der Waals surface area (Å²) in [7, 11) is 0. The number of aliphatic imine (C=N–C) groups is 1. The van der Waals surface area contributed by atoms with E-state index in [9.17, 15) is 0 Å². The van der Waals surface area contributed by atoms with Crippen LogP contribution in [0.5, 0.6) is 0 Å². The van der Waals surface area contributed by atoms with Gasteiger partial charge >= 0.3 is 0 Å². The van der Waals surface area contributed by atoms with E-state index in [2.05, 4.69) is 37.9 Å². The molecule has 2 aliphatic rings. The van der Waals surface area contributed by atoms with Crippen molar-refractivity contribution in [3.63, 3.8) is 0 Å². The van der Waals surface area contributed by atoms with Gasteiger partial charge < -0.3 is 10.2 Å². The van der Waals surface area contributed by atoms with Gasteiger partial charge in [0.2, 0.25) is 0 Å². The number of rotatable bonds is 4. The minimum atomic E-state index is 0.615. The van der Waals surface area contributed by atoms with Gasteiger partial charge in [0.15, 0.2) is 5.17 Å². The van der Waals surface area contributed by atoms with E-state index in [4.69, 9.17) is 4.99 Å². The van der Waals surface area contributed by atoms with Crippen LogP contribution < -0.4 is 5.32 Å². The maximum atomic E-state index is 4.77. The molecule has 2 rings (SSSR count). The molecule has 0 aliphatic carbocycles. The molecule has 0 spiro atoms. The molecule has 18 heavy (non-hydrogen) atoms. The van der Waals surface area contributed by atoms with Crippen LogP contribution in [0.25, 0.3) is 0 Å².